The van der Waals surface area contributed by atoms with Crippen molar-refractivity contribution in [1.29, 1.82) is 0 Å². The predicted octanol–water partition coefficient (Wildman–Crippen LogP) is 1.32. The van der Waals surface area contributed by atoms with Crippen LogP contribution < -0.4 is 4.74 Å². The molecule has 2 heterocycles. The Bertz CT molecular complexity index is 776. The molecule has 0 spiro atoms. The van der Waals surface area contributed by atoms with Crippen molar-refractivity contribution < 1.29 is 14.6 Å². The van der Waals surface area contributed by atoms with E-state index in [1.165, 1.54) is 4.80 Å². The third-order valence-corrected chi connectivity index (χ3v) is 3.48. The molecule has 3 aromatic rings. The third-order valence-electron chi connectivity index (χ3n) is 3.48. The zero-order valence-corrected chi connectivity index (χ0v) is 13.8. The Morgan fingerprint density at radius 3 is 2.76 bits per heavy atom. The molecule has 0 saturated heterocycles. The fraction of sp³-hybridized carbons (Fsp3) is 0.294. The summed E-state index contributed by atoms with van der Waals surface area (Å²) in [5.41, 5.74) is 1.78. The molecule has 0 aliphatic rings. The number of aromatic nitrogens is 5. The first-order valence-corrected chi connectivity index (χ1v) is 7.81. The maximum absolute atomic E-state index is 10.1. The van der Waals surface area contributed by atoms with Gasteiger partial charge in [0, 0.05) is 18.0 Å². The predicted molar refractivity (Wildman–Crippen MR) is 89.7 cm³/mol. The lowest BCUT2D eigenvalue weighted by molar-refractivity contribution is 0.0165. The summed E-state index contributed by atoms with van der Waals surface area (Å²) >= 11 is 0. The molecule has 2 aromatic heterocycles. The zero-order chi connectivity index (χ0) is 17.5. The SMILES string of the molecule is COc1ccc(COC[C@@H](O)Cn2nnc(-c3cccnc3)n2)cc1. The lowest BCUT2D eigenvalue weighted by Crippen LogP contribution is -2.23. The average molecular weight is 341 g/mol. The third kappa shape index (κ3) is 4.82. The van der Waals surface area contributed by atoms with Crippen LogP contribution in [-0.2, 0) is 17.9 Å². The number of benzene rings is 1. The Morgan fingerprint density at radius 1 is 1.20 bits per heavy atom. The highest BCUT2D eigenvalue weighted by atomic mass is 16.5. The Balaban J connectivity index is 1.46. The quantitative estimate of drug-likeness (QED) is 0.660. The van der Waals surface area contributed by atoms with Gasteiger partial charge in [-0.1, -0.05) is 12.1 Å². The van der Waals surface area contributed by atoms with Crippen molar-refractivity contribution in [1.82, 2.24) is 25.2 Å². The number of nitrogens with zero attached hydrogens (tertiary/aromatic N) is 5. The summed E-state index contributed by atoms with van der Waals surface area (Å²) in [5, 5.41) is 22.2. The van der Waals surface area contributed by atoms with E-state index in [9.17, 15) is 5.11 Å². The fourth-order valence-corrected chi connectivity index (χ4v) is 2.21. The topological polar surface area (TPSA) is 95.2 Å². The van der Waals surface area contributed by atoms with E-state index in [2.05, 4.69) is 20.4 Å². The van der Waals surface area contributed by atoms with Crippen molar-refractivity contribution in [3.8, 4) is 17.1 Å². The molecule has 25 heavy (non-hydrogen) atoms. The van der Waals surface area contributed by atoms with Crippen LogP contribution in [0.2, 0.25) is 0 Å². The number of pyridine rings is 1. The van der Waals surface area contributed by atoms with Gasteiger partial charge < -0.3 is 14.6 Å². The van der Waals surface area contributed by atoms with Crippen molar-refractivity contribution in [3.63, 3.8) is 0 Å². The van der Waals surface area contributed by atoms with Gasteiger partial charge in [-0.25, -0.2) is 0 Å². The summed E-state index contributed by atoms with van der Waals surface area (Å²) in [6, 6.07) is 11.2. The van der Waals surface area contributed by atoms with Crippen LogP contribution in [0.3, 0.4) is 0 Å². The summed E-state index contributed by atoms with van der Waals surface area (Å²) in [4.78, 5) is 5.37. The van der Waals surface area contributed by atoms with Gasteiger partial charge in [-0.05, 0) is 35.0 Å². The molecular formula is C17H19N5O3. The molecule has 1 N–H and O–H groups in total. The van der Waals surface area contributed by atoms with Crippen molar-refractivity contribution in [3.05, 3.63) is 54.4 Å². The lowest BCUT2D eigenvalue weighted by atomic mass is 10.2. The number of hydrogen-bond acceptors (Lipinski definition) is 7. The smallest absolute Gasteiger partial charge is 0.206 e. The average Bonchev–Trinajstić information content (AvgIpc) is 3.11. The molecule has 0 unspecified atom stereocenters. The second-order valence-electron chi connectivity index (χ2n) is 5.43. The number of ether oxygens (including phenoxy) is 2. The molecule has 8 heteroatoms. The highest BCUT2D eigenvalue weighted by Crippen LogP contribution is 2.12. The first-order chi connectivity index (χ1) is 12.2. The molecule has 0 fully saturated rings. The molecule has 0 aliphatic carbocycles. The van der Waals surface area contributed by atoms with Gasteiger partial charge in [0.25, 0.3) is 0 Å². The molecule has 1 atom stereocenters. The largest absolute Gasteiger partial charge is 0.497 e. The monoisotopic (exact) mass is 341 g/mol. The summed E-state index contributed by atoms with van der Waals surface area (Å²) in [6.45, 7) is 0.790. The fourth-order valence-electron chi connectivity index (χ4n) is 2.21. The first-order valence-electron chi connectivity index (χ1n) is 7.81. The van der Waals surface area contributed by atoms with Gasteiger partial charge in [-0.2, -0.15) is 4.80 Å². The summed E-state index contributed by atoms with van der Waals surface area (Å²) in [7, 11) is 1.62. The molecular weight excluding hydrogens is 322 g/mol. The van der Waals surface area contributed by atoms with Crippen LogP contribution in [0.5, 0.6) is 5.75 Å². The van der Waals surface area contributed by atoms with Crippen LogP contribution in [0.4, 0.5) is 0 Å². The van der Waals surface area contributed by atoms with E-state index in [0.29, 0.717) is 12.4 Å². The molecule has 130 valence electrons. The van der Waals surface area contributed by atoms with E-state index < -0.39 is 6.10 Å². The van der Waals surface area contributed by atoms with Crippen molar-refractivity contribution in [2.24, 2.45) is 0 Å². The van der Waals surface area contributed by atoms with Gasteiger partial charge in [0.1, 0.15) is 5.75 Å². The Kier molecular flexibility index (Phi) is 5.65. The Labute approximate surface area is 145 Å². The van der Waals surface area contributed by atoms with Crippen LogP contribution in [-0.4, -0.2) is 50.1 Å². The summed E-state index contributed by atoms with van der Waals surface area (Å²) in [6.07, 6.45) is 2.61. The van der Waals surface area contributed by atoms with Gasteiger partial charge in [-0.15, -0.1) is 10.2 Å². The molecule has 3 rings (SSSR count). The number of methoxy groups -OCH3 is 1. The van der Waals surface area contributed by atoms with Crippen molar-refractivity contribution >= 4 is 0 Å². The molecule has 1 aromatic carbocycles. The number of tetrazole rings is 1. The van der Waals surface area contributed by atoms with Gasteiger partial charge in [-0.3, -0.25) is 4.98 Å². The van der Waals surface area contributed by atoms with Gasteiger partial charge >= 0.3 is 0 Å². The van der Waals surface area contributed by atoms with E-state index in [1.807, 2.05) is 30.3 Å². The maximum Gasteiger partial charge on any atom is 0.206 e. The maximum atomic E-state index is 10.1. The van der Waals surface area contributed by atoms with Gasteiger partial charge in [0.05, 0.1) is 33.0 Å². The molecule has 0 bridgehead atoms. The first kappa shape index (κ1) is 17.0. The minimum atomic E-state index is -0.728. The van der Waals surface area contributed by atoms with E-state index in [4.69, 9.17) is 9.47 Å². The normalized spacial score (nSPS) is 12.1. The number of aliphatic hydroxyl groups is 1. The molecule has 0 saturated carbocycles. The number of hydrogen-bond donors (Lipinski definition) is 1. The highest BCUT2D eigenvalue weighted by molar-refractivity contribution is 5.51. The van der Waals surface area contributed by atoms with Crippen LogP contribution >= 0.6 is 0 Å². The van der Waals surface area contributed by atoms with E-state index in [-0.39, 0.29) is 13.2 Å². The molecule has 0 radical (unpaired) electrons. The van der Waals surface area contributed by atoms with Crippen LogP contribution in [0.25, 0.3) is 11.4 Å². The second kappa shape index (κ2) is 8.32. The summed E-state index contributed by atoms with van der Waals surface area (Å²) in [5.74, 6) is 1.27. The van der Waals surface area contributed by atoms with E-state index in [0.717, 1.165) is 16.9 Å². The van der Waals surface area contributed by atoms with Crippen molar-refractivity contribution in [2.75, 3.05) is 13.7 Å². The Morgan fingerprint density at radius 2 is 2.04 bits per heavy atom. The highest BCUT2D eigenvalue weighted by Gasteiger charge is 2.10. The summed E-state index contributed by atoms with van der Waals surface area (Å²) < 4.78 is 10.6. The van der Waals surface area contributed by atoms with Crippen LogP contribution in [0, 0.1) is 0 Å². The van der Waals surface area contributed by atoms with Gasteiger partial charge in [0.15, 0.2) is 0 Å². The van der Waals surface area contributed by atoms with Crippen LogP contribution in [0.15, 0.2) is 48.8 Å². The minimum Gasteiger partial charge on any atom is -0.497 e. The lowest BCUT2D eigenvalue weighted by Gasteiger charge is -2.10. The molecule has 0 aliphatic heterocycles. The van der Waals surface area contributed by atoms with E-state index in [1.54, 1.807) is 25.6 Å². The molecule has 8 nitrogen and oxygen atoms in total. The van der Waals surface area contributed by atoms with E-state index >= 15 is 0 Å². The second-order valence-corrected chi connectivity index (χ2v) is 5.43. The minimum absolute atomic E-state index is 0.176. The van der Waals surface area contributed by atoms with Crippen molar-refractivity contribution in [2.45, 2.75) is 19.3 Å². The molecule has 0 amide bonds. The number of rotatable bonds is 8. The Hall–Kier alpha value is -2.84. The van der Waals surface area contributed by atoms with Gasteiger partial charge in [0.2, 0.25) is 5.82 Å². The number of aliphatic hydroxyl groups excluding tert-OH is 1. The van der Waals surface area contributed by atoms with Crippen LogP contribution in [0.1, 0.15) is 5.56 Å². The zero-order valence-electron chi connectivity index (χ0n) is 13.8. The standard InChI is InChI=1S/C17H19N5O3/c1-24-16-6-4-13(5-7-16)11-25-12-15(23)10-22-20-17(19-21-22)14-3-2-8-18-9-14/h2-9,15,23H,10-12H2,1H3/t15-/m0/s1.